The van der Waals surface area contributed by atoms with Crippen molar-refractivity contribution in [2.24, 2.45) is 15.8 Å². The maximum absolute atomic E-state index is 13.2. The first kappa shape index (κ1) is 25.9. The molecule has 2 aromatic rings. The molecule has 0 unspecified atom stereocenters. The largest absolute Gasteiger partial charge is 0.387 e. The van der Waals surface area contributed by atoms with Gasteiger partial charge < -0.3 is 15.6 Å². The molecule has 0 fully saturated rings. The van der Waals surface area contributed by atoms with Gasteiger partial charge in [0.05, 0.1) is 11.9 Å². The average molecular weight is 474 g/mol. The van der Waals surface area contributed by atoms with Crippen molar-refractivity contribution in [1.29, 1.82) is 0 Å². The second-order valence-electron chi connectivity index (χ2n) is 8.70. The summed E-state index contributed by atoms with van der Waals surface area (Å²) >= 11 is 0. The first-order valence-electron chi connectivity index (χ1n) is 12.2. The highest BCUT2D eigenvalue weighted by Crippen LogP contribution is 2.32. The summed E-state index contributed by atoms with van der Waals surface area (Å²) in [5.74, 6) is 0.439. The van der Waals surface area contributed by atoms with Gasteiger partial charge in [0.25, 0.3) is 0 Å². The maximum Gasteiger partial charge on any atom is 0.250 e. The molecule has 2 N–H and O–H groups in total. The lowest BCUT2D eigenvalue weighted by molar-refractivity contribution is -0.127. The number of benzene rings is 2. The summed E-state index contributed by atoms with van der Waals surface area (Å²) in [7, 11) is 1.88. The quantitative estimate of drug-likeness (QED) is 0.303. The number of aliphatic imine (C=N–C) groups is 1. The number of fused-ring (bicyclic) bond motifs is 1. The number of rotatable bonds is 10. The van der Waals surface area contributed by atoms with E-state index in [0.717, 1.165) is 66.7 Å². The van der Waals surface area contributed by atoms with Gasteiger partial charge in [0, 0.05) is 55.4 Å². The molecule has 0 saturated heterocycles. The third-order valence-electron chi connectivity index (χ3n) is 5.94. The molecule has 0 bridgehead atoms. The monoisotopic (exact) mass is 473 g/mol. The molecule has 0 radical (unpaired) electrons. The zero-order valence-electron chi connectivity index (χ0n) is 21.1. The van der Waals surface area contributed by atoms with Crippen LogP contribution in [0.2, 0.25) is 0 Å². The predicted molar refractivity (Wildman–Crippen MR) is 144 cm³/mol. The lowest BCUT2D eigenvalue weighted by atomic mass is 9.97. The second-order valence-corrected chi connectivity index (χ2v) is 8.70. The van der Waals surface area contributed by atoms with Gasteiger partial charge in [-0.3, -0.25) is 9.59 Å². The molecule has 0 spiro atoms. The number of hydrogen-bond acceptors (Lipinski definition) is 6. The smallest absolute Gasteiger partial charge is 0.250 e. The number of amides is 1. The van der Waals surface area contributed by atoms with E-state index in [0.29, 0.717) is 23.4 Å². The van der Waals surface area contributed by atoms with Crippen LogP contribution in [-0.2, 0) is 4.79 Å². The number of hydrazone groups is 1. The summed E-state index contributed by atoms with van der Waals surface area (Å²) in [4.78, 5) is 31.2. The van der Waals surface area contributed by atoms with Gasteiger partial charge in [0.15, 0.2) is 6.29 Å². The molecule has 0 aliphatic carbocycles. The minimum absolute atomic E-state index is 0.0224. The van der Waals surface area contributed by atoms with Crippen LogP contribution in [0.3, 0.4) is 0 Å². The van der Waals surface area contributed by atoms with E-state index in [-0.39, 0.29) is 5.91 Å². The molecule has 1 amide bonds. The summed E-state index contributed by atoms with van der Waals surface area (Å²) in [5, 5.41) is 6.18. The Labute approximate surface area is 208 Å². The van der Waals surface area contributed by atoms with Crippen molar-refractivity contribution >= 4 is 36.0 Å². The fraction of sp³-hybridized carbons (Fsp3) is 0.357. The lowest BCUT2D eigenvalue weighted by Gasteiger charge is -2.22. The van der Waals surface area contributed by atoms with E-state index in [2.05, 4.69) is 23.9 Å². The normalized spacial score (nSPS) is 13.0. The fourth-order valence-electron chi connectivity index (χ4n) is 3.98. The molecule has 7 nitrogen and oxygen atoms in total. The van der Waals surface area contributed by atoms with Gasteiger partial charge in [-0.05, 0) is 49.1 Å². The molecular formula is C28H35N5O2. The fourth-order valence-corrected chi connectivity index (χ4v) is 3.98. The Balaban J connectivity index is 1.98. The van der Waals surface area contributed by atoms with Crippen LogP contribution in [-0.4, -0.2) is 60.8 Å². The highest BCUT2D eigenvalue weighted by molar-refractivity contribution is 6.05. The minimum atomic E-state index is 0.0224. The number of carbonyl (C=O) groups is 2. The third-order valence-corrected chi connectivity index (χ3v) is 5.94. The molecule has 1 heterocycles. The van der Waals surface area contributed by atoms with Gasteiger partial charge in [-0.1, -0.05) is 38.1 Å². The number of nitrogens with two attached hydrogens (primary N) is 1. The number of amidine groups is 1. The Morgan fingerprint density at radius 1 is 1.06 bits per heavy atom. The van der Waals surface area contributed by atoms with Crippen LogP contribution in [0, 0.1) is 0 Å². The third kappa shape index (κ3) is 6.44. The standard InChI is InChI=1S/C28H35N5O2/c1-5-12-33(13-6-2)28(35)24-15-22-10-8-21(16-26(22)31-27(29)17-24)20-9-11-23(19-34)25(14-20)18-30-32(4)7-3/h8-11,14-16,18-19H,5-7,12-13,17H2,1-4H3,(H2,29,31)/b30-18-. The van der Waals surface area contributed by atoms with Crippen LogP contribution in [0.1, 0.15) is 61.5 Å². The summed E-state index contributed by atoms with van der Waals surface area (Å²) in [6, 6.07) is 11.6. The van der Waals surface area contributed by atoms with Crippen molar-refractivity contribution in [1.82, 2.24) is 9.91 Å². The average Bonchev–Trinajstić information content (AvgIpc) is 3.03. The molecule has 2 aromatic carbocycles. The van der Waals surface area contributed by atoms with E-state index >= 15 is 0 Å². The number of carbonyl (C=O) groups excluding carboxylic acids is 2. The summed E-state index contributed by atoms with van der Waals surface area (Å²) in [6.45, 7) is 8.38. The molecule has 184 valence electrons. The van der Waals surface area contributed by atoms with Gasteiger partial charge in [0.2, 0.25) is 5.91 Å². The summed E-state index contributed by atoms with van der Waals surface area (Å²) in [6.07, 6.45) is 6.60. The lowest BCUT2D eigenvalue weighted by Crippen LogP contribution is -2.34. The first-order chi connectivity index (χ1) is 16.9. The van der Waals surface area contributed by atoms with Crippen molar-refractivity contribution in [3.63, 3.8) is 0 Å². The van der Waals surface area contributed by atoms with Crippen molar-refractivity contribution in [3.8, 4) is 11.1 Å². The van der Waals surface area contributed by atoms with E-state index < -0.39 is 0 Å². The topological polar surface area (TPSA) is 91.4 Å². The SMILES string of the molecule is CCCN(CCC)C(=O)C1=Cc2ccc(-c3ccc(C=O)c(/C=N\N(C)CC)c3)cc2N=C(N)C1. The highest BCUT2D eigenvalue weighted by atomic mass is 16.2. The van der Waals surface area contributed by atoms with Crippen molar-refractivity contribution in [3.05, 3.63) is 58.7 Å². The Hall–Kier alpha value is -3.74. The van der Waals surface area contributed by atoms with E-state index in [9.17, 15) is 9.59 Å². The molecule has 1 aliphatic rings. The molecule has 0 saturated carbocycles. The maximum atomic E-state index is 13.2. The van der Waals surface area contributed by atoms with E-state index in [1.54, 1.807) is 17.3 Å². The Morgan fingerprint density at radius 2 is 1.74 bits per heavy atom. The first-order valence-corrected chi connectivity index (χ1v) is 12.2. The molecule has 7 heteroatoms. The van der Waals surface area contributed by atoms with Gasteiger partial charge in [0.1, 0.15) is 5.84 Å². The number of aldehydes is 1. The van der Waals surface area contributed by atoms with Crippen LogP contribution in [0.5, 0.6) is 0 Å². The minimum Gasteiger partial charge on any atom is -0.387 e. The Kier molecular flexibility index (Phi) is 8.95. The Morgan fingerprint density at radius 3 is 2.40 bits per heavy atom. The second kappa shape index (κ2) is 12.1. The zero-order chi connectivity index (χ0) is 25.4. The molecule has 1 aliphatic heterocycles. The summed E-state index contributed by atoms with van der Waals surface area (Å²) < 4.78 is 0. The van der Waals surface area contributed by atoms with Crippen LogP contribution < -0.4 is 5.73 Å². The van der Waals surface area contributed by atoms with Crippen LogP contribution in [0.25, 0.3) is 17.2 Å². The molecule has 35 heavy (non-hydrogen) atoms. The molecule has 3 rings (SSSR count). The van der Waals surface area contributed by atoms with Crippen LogP contribution >= 0.6 is 0 Å². The molecular weight excluding hydrogens is 438 g/mol. The molecule has 0 atom stereocenters. The van der Waals surface area contributed by atoms with Crippen molar-refractivity contribution in [2.45, 2.75) is 40.0 Å². The van der Waals surface area contributed by atoms with Crippen molar-refractivity contribution < 1.29 is 9.59 Å². The van der Waals surface area contributed by atoms with Gasteiger partial charge >= 0.3 is 0 Å². The number of nitrogens with zero attached hydrogens (tertiary/aromatic N) is 4. The van der Waals surface area contributed by atoms with Gasteiger partial charge in [-0.25, -0.2) is 4.99 Å². The van der Waals surface area contributed by atoms with Gasteiger partial charge in [-0.15, -0.1) is 0 Å². The van der Waals surface area contributed by atoms with E-state index in [1.165, 1.54) is 0 Å². The van der Waals surface area contributed by atoms with Crippen molar-refractivity contribution in [2.75, 3.05) is 26.7 Å². The summed E-state index contributed by atoms with van der Waals surface area (Å²) in [5.41, 5.74) is 11.7. The number of hydrogen-bond donors (Lipinski definition) is 1. The van der Waals surface area contributed by atoms with E-state index in [1.807, 2.05) is 55.3 Å². The predicted octanol–water partition coefficient (Wildman–Crippen LogP) is 4.88. The van der Waals surface area contributed by atoms with Gasteiger partial charge in [-0.2, -0.15) is 5.10 Å². The Bertz CT molecular complexity index is 1160. The zero-order valence-corrected chi connectivity index (χ0v) is 21.1. The van der Waals surface area contributed by atoms with Crippen LogP contribution in [0.4, 0.5) is 5.69 Å². The highest BCUT2D eigenvalue weighted by Gasteiger charge is 2.21. The van der Waals surface area contributed by atoms with Crippen LogP contribution in [0.15, 0.2) is 52.1 Å². The molecule has 0 aromatic heterocycles. The van der Waals surface area contributed by atoms with E-state index in [4.69, 9.17) is 5.73 Å².